The van der Waals surface area contributed by atoms with Crippen LogP contribution >= 0.6 is 11.8 Å². The monoisotopic (exact) mass is 397 g/mol. The van der Waals surface area contributed by atoms with Gasteiger partial charge in [0.2, 0.25) is 5.91 Å². The Kier molecular flexibility index (Phi) is 4.84. The number of piperazine rings is 1. The number of rotatable bonds is 2. The van der Waals surface area contributed by atoms with Crippen molar-refractivity contribution in [1.29, 1.82) is 5.26 Å². The molecular formula is C21H25N4O2S+. The van der Waals surface area contributed by atoms with Crippen LogP contribution in [-0.4, -0.2) is 41.7 Å². The molecule has 1 saturated heterocycles. The third-order valence-corrected chi connectivity index (χ3v) is 6.94. The van der Waals surface area contributed by atoms with Crippen molar-refractivity contribution in [2.24, 2.45) is 0 Å². The number of fused-ring (bicyclic) bond motifs is 1. The highest BCUT2D eigenvalue weighted by atomic mass is 32.2. The molecule has 28 heavy (non-hydrogen) atoms. The van der Waals surface area contributed by atoms with Crippen molar-refractivity contribution in [3.63, 3.8) is 0 Å². The van der Waals surface area contributed by atoms with Gasteiger partial charge in [-0.05, 0) is 24.1 Å². The van der Waals surface area contributed by atoms with Gasteiger partial charge in [-0.2, -0.15) is 17.0 Å². The maximum atomic E-state index is 11.7. The van der Waals surface area contributed by atoms with Crippen LogP contribution < -0.4 is 9.88 Å². The first-order valence-corrected chi connectivity index (χ1v) is 10.6. The summed E-state index contributed by atoms with van der Waals surface area (Å²) in [7, 11) is 0. The van der Waals surface area contributed by atoms with E-state index in [1.807, 2.05) is 28.8 Å². The summed E-state index contributed by atoms with van der Waals surface area (Å²) in [4.78, 5) is 19.2. The van der Waals surface area contributed by atoms with E-state index in [1.54, 1.807) is 13.2 Å². The summed E-state index contributed by atoms with van der Waals surface area (Å²) in [5.41, 5.74) is 3.99. The number of carbonyl (C=O) groups is 1. The van der Waals surface area contributed by atoms with Crippen LogP contribution in [0.4, 0.5) is 5.82 Å². The second-order valence-corrected chi connectivity index (χ2v) is 9.67. The molecule has 0 aromatic carbocycles. The van der Waals surface area contributed by atoms with Crippen LogP contribution in [-0.2, 0) is 17.0 Å². The molecule has 2 aromatic heterocycles. The van der Waals surface area contributed by atoms with Crippen LogP contribution in [0.5, 0.6) is 0 Å². The molecule has 2 aliphatic heterocycles. The number of nitrogens with one attached hydrogen (secondary N) is 1. The molecule has 2 aliphatic rings. The molecule has 1 amide bonds. The number of pyridine rings is 1. The van der Waals surface area contributed by atoms with E-state index in [2.05, 4.69) is 29.8 Å². The van der Waals surface area contributed by atoms with Gasteiger partial charge in [-0.25, -0.2) is 4.98 Å². The van der Waals surface area contributed by atoms with Gasteiger partial charge in [0, 0.05) is 23.0 Å². The van der Waals surface area contributed by atoms with Gasteiger partial charge in [0.05, 0.1) is 19.4 Å². The van der Waals surface area contributed by atoms with Gasteiger partial charge in [-0.1, -0.05) is 13.8 Å². The molecule has 146 valence electrons. The molecule has 0 spiro atoms. The summed E-state index contributed by atoms with van der Waals surface area (Å²) < 4.78 is 5.80. The van der Waals surface area contributed by atoms with Crippen LogP contribution in [0.2, 0.25) is 0 Å². The molecular weight excluding hydrogens is 372 g/mol. The Balaban J connectivity index is 1.82. The molecule has 1 fully saturated rings. The predicted octanol–water partition coefficient (Wildman–Crippen LogP) is 2.87. The number of anilines is 1. The van der Waals surface area contributed by atoms with E-state index in [-0.39, 0.29) is 10.7 Å². The second kappa shape index (κ2) is 7.17. The number of aromatic nitrogens is 1. The lowest BCUT2D eigenvalue weighted by molar-refractivity contribution is -0.353. The first-order chi connectivity index (χ1) is 13.4. The first kappa shape index (κ1) is 18.9. The van der Waals surface area contributed by atoms with Crippen molar-refractivity contribution >= 4 is 23.5 Å². The molecule has 0 saturated carbocycles. The summed E-state index contributed by atoms with van der Waals surface area (Å²) in [5.74, 6) is 2.59. The quantitative estimate of drug-likeness (QED) is 0.779. The number of nitrogens with zero attached hydrogens (tertiary/aromatic N) is 3. The average Bonchev–Trinajstić information content (AvgIpc) is 3.20. The van der Waals surface area contributed by atoms with E-state index in [0.29, 0.717) is 26.2 Å². The van der Waals surface area contributed by atoms with Crippen molar-refractivity contribution in [1.82, 2.24) is 4.90 Å². The molecule has 0 unspecified atom stereocenters. The van der Waals surface area contributed by atoms with E-state index >= 15 is 0 Å². The maximum absolute atomic E-state index is 11.7. The van der Waals surface area contributed by atoms with E-state index in [1.165, 1.54) is 5.56 Å². The number of amides is 1. The normalized spacial score (nSPS) is 18.5. The SMILES string of the molecule is CC(=O)N1CCN(c2[nH+]c(-c3ccco3)c3c(c2C#N)CC(C)(C)SC3)CC1. The standard InChI is InChI=1S/C21H24N4O2S/c1-14(26)24-6-8-25(9-7-24)20-16(12-22)15-11-21(2,3)28-13-17(15)19(23-20)18-5-4-10-27-18/h4-5,10H,6-9,11,13H2,1-3H3/p+1. The van der Waals surface area contributed by atoms with Gasteiger partial charge in [0.15, 0.2) is 11.5 Å². The zero-order valence-electron chi connectivity index (χ0n) is 16.5. The molecule has 2 aromatic rings. The molecule has 4 rings (SSSR count). The average molecular weight is 398 g/mol. The minimum Gasteiger partial charge on any atom is -0.461 e. The van der Waals surface area contributed by atoms with Crippen LogP contribution in [0.3, 0.4) is 0 Å². The molecule has 6 nitrogen and oxygen atoms in total. The van der Waals surface area contributed by atoms with Gasteiger partial charge in [0.1, 0.15) is 24.7 Å². The fourth-order valence-electron chi connectivity index (χ4n) is 4.03. The zero-order valence-corrected chi connectivity index (χ0v) is 17.4. The molecule has 7 heteroatoms. The fourth-order valence-corrected chi connectivity index (χ4v) is 5.13. The lowest BCUT2D eigenvalue weighted by atomic mass is 9.91. The van der Waals surface area contributed by atoms with E-state index in [0.717, 1.165) is 40.6 Å². The van der Waals surface area contributed by atoms with Crippen molar-refractivity contribution < 1.29 is 14.2 Å². The summed E-state index contributed by atoms with van der Waals surface area (Å²) in [6.07, 6.45) is 2.53. The number of H-pyrrole nitrogens is 1. The van der Waals surface area contributed by atoms with Gasteiger partial charge in [-0.15, -0.1) is 0 Å². The van der Waals surface area contributed by atoms with Gasteiger partial charge < -0.3 is 9.32 Å². The molecule has 0 bridgehead atoms. The molecule has 0 atom stereocenters. The number of thioether (sulfide) groups is 1. The van der Waals surface area contributed by atoms with Gasteiger partial charge in [0.25, 0.3) is 5.82 Å². The summed E-state index contributed by atoms with van der Waals surface area (Å²) >= 11 is 1.91. The summed E-state index contributed by atoms with van der Waals surface area (Å²) in [6, 6.07) is 6.32. The Hall–Kier alpha value is -2.46. The topological polar surface area (TPSA) is 74.6 Å². The molecule has 4 heterocycles. The number of aromatic amines is 1. The summed E-state index contributed by atoms with van der Waals surface area (Å²) in [5, 5.41) is 10.0. The number of furan rings is 1. The Morgan fingerprint density at radius 1 is 1.29 bits per heavy atom. The van der Waals surface area contributed by atoms with Crippen LogP contribution in [0.25, 0.3) is 11.5 Å². The molecule has 0 aliphatic carbocycles. The lowest BCUT2D eigenvalue weighted by Crippen LogP contribution is -2.50. The number of carbonyl (C=O) groups excluding carboxylic acids is 1. The van der Waals surface area contributed by atoms with Crippen molar-refractivity contribution in [2.75, 3.05) is 31.1 Å². The Labute approximate surface area is 169 Å². The van der Waals surface area contributed by atoms with Crippen LogP contribution in [0.1, 0.15) is 37.5 Å². The zero-order chi connectivity index (χ0) is 19.9. The van der Waals surface area contributed by atoms with Crippen molar-refractivity contribution in [3.05, 3.63) is 35.1 Å². The van der Waals surface area contributed by atoms with Crippen molar-refractivity contribution in [3.8, 4) is 17.5 Å². The largest absolute Gasteiger partial charge is 0.461 e. The minimum absolute atomic E-state index is 0.0883. The van der Waals surface area contributed by atoms with Crippen LogP contribution in [0.15, 0.2) is 22.8 Å². The maximum Gasteiger partial charge on any atom is 0.293 e. The van der Waals surface area contributed by atoms with Crippen molar-refractivity contribution in [2.45, 2.75) is 37.7 Å². The van der Waals surface area contributed by atoms with Gasteiger partial charge in [-0.3, -0.25) is 9.69 Å². The molecule has 0 radical (unpaired) electrons. The number of hydrogen-bond acceptors (Lipinski definition) is 5. The highest BCUT2D eigenvalue weighted by Crippen LogP contribution is 2.43. The molecule has 1 N–H and O–H groups in total. The highest BCUT2D eigenvalue weighted by molar-refractivity contribution is 7.99. The first-order valence-electron chi connectivity index (χ1n) is 9.59. The van der Waals surface area contributed by atoms with Gasteiger partial charge >= 0.3 is 0 Å². The lowest BCUT2D eigenvalue weighted by Gasteiger charge is -2.34. The summed E-state index contributed by atoms with van der Waals surface area (Å²) in [6.45, 7) is 8.83. The predicted molar refractivity (Wildman–Crippen MR) is 109 cm³/mol. The second-order valence-electron chi connectivity index (χ2n) is 7.99. The van der Waals surface area contributed by atoms with Crippen LogP contribution in [0, 0.1) is 11.3 Å². The third-order valence-electron chi connectivity index (χ3n) is 5.58. The van der Waals surface area contributed by atoms with E-state index in [4.69, 9.17) is 4.42 Å². The number of nitriles is 1. The van der Waals surface area contributed by atoms with E-state index in [9.17, 15) is 10.1 Å². The minimum atomic E-state index is 0.0883. The Bertz CT molecular complexity index is 938. The fraction of sp³-hybridized carbons (Fsp3) is 0.476. The number of hydrogen-bond donors (Lipinski definition) is 0. The highest BCUT2D eigenvalue weighted by Gasteiger charge is 2.37. The smallest absolute Gasteiger partial charge is 0.293 e. The Morgan fingerprint density at radius 2 is 2.04 bits per heavy atom. The third kappa shape index (κ3) is 3.37. The van der Waals surface area contributed by atoms with E-state index < -0.39 is 0 Å². The Morgan fingerprint density at radius 3 is 2.64 bits per heavy atom.